The Morgan fingerprint density at radius 3 is 2.52 bits per heavy atom. The van der Waals surface area contributed by atoms with Crippen LogP contribution in [0.25, 0.3) is 0 Å². The molecule has 0 amide bonds. The highest BCUT2D eigenvalue weighted by atomic mass is 16.5. The van der Waals surface area contributed by atoms with Crippen molar-refractivity contribution in [2.75, 3.05) is 37.2 Å². The molecule has 5 heteroatoms. The van der Waals surface area contributed by atoms with Gasteiger partial charge in [-0.2, -0.15) is 0 Å². The van der Waals surface area contributed by atoms with E-state index >= 15 is 0 Å². The van der Waals surface area contributed by atoms with E-state index in [1.807, 2.05) is 43.3 Å². The van der Waals surface area contributed by atoms with Crippen LogP contribution in [0.3, 0.4) is 0 Å². The third-order valence-corrected chi connectivity index (χ3v) is 3.10. The fraction of sp³-hybridized carbons (Fsp3) is 0.188. The van der Waals surface area contributed by atoms with E-state index in [4.69, 9.17) is 10.5 Å². The predicted molar refractivity (Wildman–Crippen MR) is 86.2 cm³/mol. The van der Waals surface area contributed by atoms with E-state index in [0.717, 1.165) is 11.4 Å². The lowest BCUT2D eigenvalue weighted by Crippen LogP contribution is -2.12. The van der Waals surface area contributed by atoms with Gasteiger partial charge in [-0.05, 0) is 30.3 Å². The summed E-state index contributed by atoms with van der Waals surface area (Å²) in [5.74, 6) is -0.424. The summed E-state index contributed by atoms with van der Waals surface area (Å²) in [6, 6.07) is 13.0. The van der Waals surface area contributed by atoms with Crippen LogP contribution in [-0.2, 0) is 4.74 Å². The average molecular weight is 285 g/mol. The molecule has 0 fully saturated rings. The van der Waals surface area contributed by atoms with Crippen molar-refractivity contribution >= 4 is 28.7 Å². The smallest absolute Gasteiger partial charge is 0.340 e. The average Bonchev–Trinajstić information content (AvgIpc) is 2.48. The number of anilines is 4. The van der Waals surface area contributed by atoms with Crippen LogP contribution >= 0.6 is 0 Å². The van der Waals surface area contributed by atoms with Crippen molar-refractivity contribution in [2.24, 2.45) is 0 Å². The maximum Gasteiger partial charge on any atom is 0.340 e. The molecule has 0 aliphatic heterocycles. The second kappa shape index (κ2) is 6.17. The van der Waals surface area contributed by atoms with Crippen LogP contribution in [-0.4, -0.2) is 27.2 Å². The minimum Gasteiger partial charge on any atom is -0.465 e. The molecular weight excluding hydrogens is 266 g/mol. The minimum atomic E-state index is -0.424. The number of benzene rings is 2. The highest BCUT2D eigenvalue weighted by Crippen LogP contribution is 2.29. The molecule has 0 saturated carbocycles. The molecule has 110 valence electrons. The molecular formula is C16H19N3O2. The Morgan fingerprint density at radius 1 is 1.14 bits per heavy atom. The Morgan fingerprint density at radius 2 is 1.86 bits per heavy atom. The van der Waals surface area contributed by atoms with Crippen molar-refractivity contribution in [3.63, 3.8) is 0 Å². The third kappa shape index (κ3) is 3.25. The molecule has 0 bridgehead atoms. The van der Waals surface area contributed by atoms with Crippen molar-refractivity contribution in [1.82, 2.24) is 0 Å². The molecule has 2 aromatic carbocycles. The van der Waals surface area contributed by atoms with Gasteiger partial charge in [0, 0.05) is 19.8 Å². The lowest BCUT2D eigenvalue weighted by Gasteiger charge is -2.19. The number of nitrogens with two attached hydrogens (primary N) is 1. The van der Waals surface area contributed by atoms with Gasteiger partial charge in [0.05, 0.1) is 29.7 Å². The number of ether oxygens (including phenoxy) is 1. The van der Waals surface area contributed by atoms with Gasteiger partial charge in [0.15, 0.2) is 0 Å². The van der Waals surface area contributed by atoms with Gasteiger partial charge in [0.1, 0.15) is 0 Å². The monoisotopic (exact) mass is 285 g/mol. The molecule has 0 saturated heterocycles. The molecule has 0 aliphatic carbocycles. The lowest BCUT2D eigenvalue weighted by atomic mass is 10.1. The number of nitrogens with zero attached hydrogens (tertiary/aromatic N) is 1. The third-order valence-electron chi connectivity index (χ3n) is 3.10. The van der Waals surface area contributed by atoms with E-state index in [2.05, 4.69) is 5.32 Å². The molecule has 0 heterocycles. The summed E-state index contributed by atoms with van der Waals surface area (Å²) in [6.07, 6.45) is 0. The lowest BCUT2D eigenvalue weighted by molar-refractivity contribution is 0.0602. The first-order valence-corrected chi connectivity index (χ1v) is 6.54. The van der Waals surface area contributed by atoms with Crippen molar-refractivity contribution in [2.45, 2.75) is 0 Å². The Hall–Kier alpha value is -2.69. The number of methoxy groups -OCH3 is 1. The van der Waals surface area contributed by atoms with Gasteiger partial charge in [-0.15, -0.1) is 0 Å². The van der Waals surface area contributed by atoms with Crippen LogP contribution in [0.5, 0.6) is 0 Å². The van der Waals surface area contributed by atoms with E-state index in [0.29, 0.717) is 16.9 Å². The second-order valence-electron chi connectivity index (χ2n) is 4.83. The number of hydrogen-bond acceptors (Lipinski definition) is 5. The highest BCUT2D eigenvalue weighted by Gasteiger charge is 2.14. The van der Waals surface area contributed by atoms with E-state index < -0.39 is 5.97 Å². The Labute approximate surface area is 124 Å². The normalized spacial score (nSPS) is 10.0. The number of hydrogen-bond donors (Lipinski definition) is 2. The van der Waals surface area contributed by atoms with Crippen molar-refractivity contribution in [3.8, 4) is 0 Å². The van der Waals surface area contributed by atoms with Crippen LogP contribution in [0.15, 0.2) is 42.5 Å². The highest BCUT2D eigenvalue weighted by molar-refractivity contribution is 5.98. The second-order valence-corrected chi connectivity index (χ2v) is 4.83. The van der Waals surface area contributed by atoms with Crippen molar-refractivity contribution < 1.29 is 9.53 Å². The zero-order chi connectivity index (χ0) is 15.4. The van der Waals surface area contributed by atoms with E-state index in [1.165, 1.54) is 7.11 Å². The van der Waals surface area contributed by atoms with Crippen LogP contribution in [0, 0.1) is 0 Å². The number of nitrogens with one attached hydrogen (secondary N) is 1. The first-order valence-electron chi connectivity index (χ1n) is 6.54. The number of esters is 1. The predicted octanol–water partition coefficient (Wildman–Crippen LogP) is 2.87. The van der Waals surface area contributed by atoms with Gasteiger partial charge in [-0.3, -0.25) is 0 Å². The molecule has 0 radical (unpaired) electrons. The van der Waals surface area contributed by atoms with Gasteiger partial charge < -0.3 is 20.7 Å². The maximum absolute atomic E-state index is 11.9. The molecule has 0 unspecified atom stereocenters. The molecule has 0 spiro atoms. The summed E-state index contributed by atoms with van der Waals surface area (Å²) in [5, 5.41) is 3.27. The molecule has 21 heavy (non-hydrogen) atoms. The summed E-state index contributed by atoms with van der Waals surface area (Å²) < 4.78 is 4.80. The first kappa shape index (κ1) is 14.7. The van der Waals surface area contributed by atoms with Crippen LogP contribution in [0.4, 0.5) is 22.7 Å². The van der Waals surface area contributed by atoms with Crippen LogP contribution in [0.2, 0.25) is 0 Å². The number of para-hydroxylation sites is 2. The van der Waals surface area contributed by atoms with Crippen molar-refractivity contribution in [1.29, 1.82) is 0 Å². The first-order chi connectivity index (χ1) is 10.0. The summed E-state index contributed by atoms with van der Waals surface area (Å²) in [7, 11) is 5.28. The number of carbonyl (C=O) groups excluding carboxylic acids is 1. The van der Waals surface area contributed by atoms with Gasteiger partial charge in [0.25, 0.3) is 0 Å². The molecule has 0 aromatic heterocycles. The summed E-state index contributed by atoms with van der Waals surface area (Å²) >= 11 is 0. The number of carbonyl (C=O) groups is 1. The zero-order valence-corrected chi connectivity index (χ0v) is 12.4. The Balaban J connectivity index is 2.43. The SMILES string of the molecule is COC(=O)c1cc(N)ccc1Nc1ccccc1N(C)C. The fourth-order valence-electron chi connectivity index (χ4n) is 2.06. The fourth-order valence-corrected chi connectivity index (χ4v) is 2.06. The van der Waals surface area contributed by atoms with Gasteiger partial charge in [-0.1, -0.05) is 12.1 Å². The van der Waals surface area contributed by atoms with Crippen LogP contribution in [0.1, 0.15) is 10.4 Å². The van der Waals surface area contributed by atoms with E-state index in [9.17, 15) is 4.79 Å². The van der Waals surface area contributed by atoms with E-state index in [1.54, 1.807) is 18.2 Å². The maximum atomic E-state index is 11.9. The van der Waals surface area contributed by atoms with Gasteiger partial charge in [0.2, 0.25) is 0 Å². The number of nitrogen functional groups attached to an aromatic ring is 1. The molecule has 2 rings (SSSR count). The largest absolute Gasteiger partial charge is 0.465 e. The standard InChI is InChI=1S/C16H19N3O2/c1-19(2)15-7-5-4-6-14(15)18-13-9-8-11(17)10-12(13)16(20)21-3/h4-10,18H,17H2,1-3H3. The minimum absolute atomic E-state index is 0.408. The van der Waals surface area contributed by atoms with Crippen LogP contribution < -0.4 is 16.0 Å². The molecule has 0 atom stereocenters. The zero-order valence-electron chi connectivity index (χ0n) is 12.4. The molecule has 5 nitrogen and oxygen atoms in total. The van der Waals surface area contributed by atoms with Gasteiger partial charge in [-0.25, -0.2) is 4.79 Å². The Kier molecular flexibility index (Phi) is 4.33. The van der Waals surface area contributed by atoms with E-state index in [-0.39, 0.29) is 0 Å². The summed E-state index contributed by atoms with van der Waals surface area (Å²) in [6.45, 7) is 0. The molecule has 0 aliphatic rings. The topological polar surface area (TPSA) is 67.6 Å². The molecule has 2 aromatic rings. The summed E-state index contributed by atoms with van der Waals surface area (Å²) in [5.41, 5.74) is 9.25. The summed E-state index contributed by atoms with van der Waals surface area (Å²) in [4.78, 5) is 13.9. The molecule has 3 N–H and O–H groups in total. The quantitative estimate of drug-likeness (QED) is 0.668. The van der Waals surface area contributed by atoms with Gasteiger partial charge >= 0.3 is 5.97 Å². The number of rotatable bonds is 4. The van der Waals surface area contributed by atoms with Crippen molar-refractivity contribution in [3.05, 3.63) is 48.0 Å². The Bertz CT molecular complexity index is 654.